The summed E-state index contributed by atoms with van der Waals surface area (Å²) in [4.78, 5) is 10.6. The molecular weight excluding hydrogens is 304 g/mol. The van der Waals surface area contributed by atoms with Crippen molar-refractivity contribution < 1.29 is 9.66 Å². The Hall–Kier alpha value is -3.34. The van der Waals surface area contributed by atoms with Crippen molar-refractivity contribution in [1.82, 2.24) is 0 Å². The van der Waals surface area contributed by atoms with E-state index in [9.17, 15) is 10.1 Å². The number of ether oxygens (including phenoxy) is 1. The first kappa shape index (κ1) is 15.6. The molecule has 0 spiro atoms. The number of nitrogen functional groups attached to an aromatic ring is 1. The van der Waals surface area contributed by atoms with Gasteiger partial charge in [-0.1, -0.05) is 42.5 Å². The van der Waals surface area contributed by atoms with E-state index in [4.69, 9.17) is 10.5 Å². The van der Waals surface area contributed by atoms with Crippen molar-refractivity contribution in [2.45, 2.75) is 6.61 Å². The fraction of sp³-hybridized carbons (Fsp3) is 0.0526. The van der Waals surface area contributed by atoms with E-state index in [1.54, 1.807) is 18.2 Å². The van der Waals surface area contributed by atoms with Crippen LogP contribution in [0.4, 0.5) is 11.4 Å². The maximum absolute atomic E-state index is 11.1. The summed E-state index contributed by atoms with van der Waals surface area (Å²) < 4.78 is 5.86. The fourth-order valence-electron chi connectivity index (χ4n) is 2.38. The molecule has 0 aliphatic rings. The zero-order valence-corrected chi connectivity index (χ0v) is 12.9. The van der Waals surface area contributed by atoms with Crippen molar-refractivity contribution in [2.24, 2.45) is 0 Å². The van der Waals surface area contributed by atoms with Crippen LogP contribution in [0.15, 0.2) is 72.8 Å². The van der Waals surface area contributed by atoms with Crippen molar-refractivity contribution in [2.75, 3.05) is 5.73 Å². The predicted octanol–water partition coefficient (Wildman–Crippen LogP) is 4.42. The first-order valence-corrected chi connectivity index (χ1v) is 7.44. The topological polar surface area (TPSA) is 78.4 Å². The van der Waals surface area contributed by atoms with Gasteiger partial charge in [0.25, 0.3) is 5.69 Å². The largest absolute Gasteiger partial charge is 0.488 e. The van der Waals surface area contributed by atoms with Crippen LogP contribution in [0.3, 0.4) is 0 Å². The molecule has 0 heterocycles. The maximum Gasteiger partial charge on any atom is 0.273 e. The van der Waals surface area contributed by atoms with Gasteiger partial charge in [0.1, 0.15) is 12.4 Å². The second-order valence-electron chi connectivity index (χ2n) is 5.33. The molecule has 5 heteroatoms. The molecule has 0 aliphatic heterocycles. The van der Waals surface area contributed by atoms with Gasteiger partial charge < -0.3 is 10.5 Å². The second-order valence-corrected chi connectivity index (χ2v) is 5.33. The van der Waals surface area contributed by atoms with Crippen LogP contribution in [0.5, 0.6) is 5.75 Å². The summed E-state index contributed by atoms with van der Waals surface area (Å²) in [6.45, 7) is 0.337. The van der Waals surface area contributed by atoms with Crippen molar-refractivity contribution >= 4 is 11.4 Å². The molecule has 0 amide bonds. The zero-order chi connectivity index (χ0) is 16.9. The minimum atomic E-state index is -0.428. The summed E-state index contributed by atoms with van der Waals surface area (Å²) in [7, 11) is 0. The van der Waals surface area contributed by atoms with Crippen molar-refractivity contribution in [3.63, 3.8) is 0 Å². The van der Waals surface area contributed by atoms with E-state index in [1.165, 1.54) is 12.1 Å². The molecule has 120 valence electrons. The molecule has 0 saturated carbocycles. The van der Waals surface area contributed by atoms with Crippen molar-refractivity contribution in [1.29, 1.82) is 0 Å². The summed E-state index contributed by atoms with van der Waals surface area (Å²) in [5, 5.41) is 11.1. The number of non-ortho nitro benzene ring substituents is 1. The Morgan fingerprint density at radius 2 is 1.67 bits per heavy atom. The number of rotatable bonds is 5. The van der Waals surface area contributed by atoms with Crippen LogP contribution in [-0.2, 0) is 6.61 Å². The van der Waals surface area contributed by atoms with Crippen LogP contribution < -0.4 is 10.5 Å². The molecule has 0 unspecified atom stereocenters. The summed E-state index contributed by atoms with van der Waals surface area (Å²) >= 11 is 0. The molecule has 0 aliphatic carbocycles. The van der Waals surface area contributed by atoms with Crippen molar-refractivity contribution in [3.8, 4) is 16.9 Å². The quantitative estimate of drug-likeness (QED) is 0.429. The van der Waals surface area contributed by atoms with Gasteiger partial charge >= 0.3 is 0 Å². The highest BCUT2D eigenvalue weighted by molar-refractivity contribution is 5.73. The van der Waals surface area contributed by atoms with E-state index in [0.29, 0.717) is 18.0 Å². The lowest BCUT2D eigenvalue weighted by atomic mass is 10.0. The molecule has 2 N–H and O–H groups in total. The SMILES string of the molecule is Nc1ccc(-c2ccc([N+](=O)[O-])cc2OCc2ccccc2)cc1. The third kappa shape index (κ3) is 3.52. The first-order chi connectivity index (χ1) is 11.6. The molecule has 0 radical (unpaired) electrons. The smallest absolute Gasteiger partial charge is 0.273 e. The summed E-state index contributed by atoms with van der Waals surface area (Å²) in [6.07, 6.45) is 0. The van der Waals surface area contributed by atoms with Gasteiger partial charge in [0, 0.05) is 17.3 Å². The van der Waals surface area contributed by atoms with Gasteiger partial charge in [-0.3, -0.25) is 10.1 Å². The maximum atomic E-state index is 11.1. The molecule has 5 nitrogen and oxygen atoms in total. The van der Waals surface area contributed by atoms with Gasteiger partial charge in [0.05, 0.1) is 11.0 Å². The lowest BCUT2D eigenvalue weighted by Gasteiger charge is -2.12. The van der Waals surface area contributed by atoms with Gasteiger partial charge in [0.15, 0.2) is 0 Å². The number of nitro benzene ring substituents is 1. The van der Waals surface area contributed by atoms with E-state index in [2.05, 4.69) is 0 Å². The normalized spacial score (nSPS) is 10.3. The molecule has 0 fully saturated rings. The predicted molar refractivity (Wildman–Crippen MR) is 93.7 cm³/mol. The first-order valence-electron chi connectivity index (χ1n) is 7.44. The third-order valence-corrected chi connectivity index (χ3v) is 3.63. The molecule has 0 bridgehead atoms. The minimum Gasteiger partial charge on any atom is -0.488 e. The Balaban J connectivity index is 1.95. The highest BCUT2D eigenvalue weighted by Crippen LogP contribution is 2.34. The number of hydrogen-bond acceptors (Lipinski definition) is 4. The number of nitrogens with zero attached hydrogens (tertiary/aromatic N) is 1. The van der Waals surface area contributed by atoms with Crippen LogP contribution >= 0.6 is 0 Å². The Kier molecular flexibility index (Phi) is 4.43. The Bertz CT molecular complexity index is 846. The van der Waals surface area contributed by atoms with Gasteiger partial charge in [-0.05, 0) is 29.3 Å². The number of benzene rings is 3. The Labute approximate surface area is 139 Å². The molecule has 0 aromatic heterocycles. The summed E-state index contributed by atoms with van der Waals surface area (Å²) in [5.74, 6) is 0.470. The second kappa shape index (κ2) is 6.83. The van der Waals surface area contributed by atoms with Gasteiger partial charge in [-0.2, -0.15) is 0 Å². The van der Waals surface area contributed by atoms with Crippen LogP contribution in [0.25, 0.3) is 11.1 Å². The van der Waals surface area contributed by atoms with Gasteiger partial charge in [0.2, 0.25) is 0 Å². The van der Waals surface area contributed by atoms with Crippen LogP contribution in [-0.4, -0.2) is 4.92 Å². The summed E-state index contributed by atoms with van der Waals surface area (Å²) in [5.41, 5.74) is 9.05. The lowest BCUT2D eigenvalue weighted by molar-refractivity contribution is -0.384. The molecule has 0 atom stereocenters. The van der Waals surface area contributed by atoms with Gasteiger partial charge in [-0.15, -0.1) is 0 Å². The van der Waals surface area contributed by atoms with E-state index in [0.717, 1.165) is 16.7 Å². The molecular formula is C19H16N2O3. The molecule has 3 aromatic carbocycles. The number of anilines is 1. The van der Waals surface area contributed by atoms with Crippen LogP contribution in [0, 0.1) is 10.1 Å². The van der Waals surface area contributed by atoms with E-state index < -0.39 is 4.92 Å². The average molecular weight is 320 g/mol. The zero-order valence-electron chi connectivity index (χ0n) is 12.9. The Morgan fingerprint density at radius 3 is 2.33 bits per heavy atom. The number of nitrogens with two attached hydrogens (primary N) is 1. The molecule has 3 rings (SSSR count). The highest BCUT2D eigenvalue weighted by atomic mass is 16.6. The lowest BCUT2D eigenvalue weighted by Crippen LogP contribution is -1.98. The molecule has 3 aromatic rings. The van der Waals surface area contributed by atoms with Crippen molar-refractivity contribution in [3.05, 3.63) is 88.5 Å². The molecule has 24 heavy (non-hydrogen) atoms. The minimum absolute atomic E-state index is 0.00254. The highest BCUT2D eigenvalue weighted by Gasteiger charge is 2.13. The van der Waals surface area contributed by atoms with E-state index >= 15 is 0 Å². The average Bonchev–Trinajstić information content (AvgIpc) is 2.61. The monoisotopic (exact) mass is 320 g/mol. The summed E-state index contributed by atoms with van der Waals surface area (Å²) in [6, 6.07) is 21.6. The standard InChI is InChI=1S/C19H16N2O3/c20-16-8-6-15(7-9-16)18-11-10-17(21(22)23)12-19(18)24-13-14-4-2-1-3-5-14/h1-12H,13,20H2. The Morgan fingerprint density at radius 1 is 0.958 bits per heavy atom. The van der Waals surface area contributed by atoms with E-state index in [-0.39, 0.29) is 5.69 Å². The van der Waals surface area contributed by atoms with Gasteiger partial charge in [-0.25, -0.2) is 0 Å². The fourth-order valence-corrected chi connectivity index (χ4v) is 2.38. The molecule has 0 saturated heterocycles. The number of hydrogen-bond donors (Lipinski definition) is 1. The number of nitro groups is 1. The van der Waals surface area contributed by atoms with Crippen LogP contribution in [0.2, 0.25) is 0 Å². The van der Waals surface area contributed by atoms with E-state index in [1.807, 2.05) is 42.5 Å². The van der Waals surface area contributed by atoms with Crippen LogP contribution in [0.1, 0.15) is 5.56 Å². The third-order valence-electron chi connectivity index (χ3n) is 3.63.